The average molecular weight is 702 g/mol. The van der Waals surface area contributed by atoms with Crippen LogP contribution >= 0.6 is 0 Å². The van der Waals surface area contributed by atoms with Gasteiger partial charge in [0, 0.05) is 55.2 Å². The zero-order valence-electron chi connectivity index (χ0n) is 30.0. The van der Waals surface area contributed by atoms with E-state index in [1.54, 1.807) is 0 Å². The summed E-state index contributed by atoms with van der Waals surface area (Å²) in [6, 6.07) is 76.9. The molecule has 11 rings (SSSR count). The van der Waals surface area contributed by atoms with Crippen LogP contribution < -0.4 is 4.90 Å². The summed E-state index contributed by atoms with van der Waals surface area (Å²) in [5.74, 6) is 0. The third-order valence-electron chi connectivity index (χ3n) is 11.1. The zero-order chi connectivity index (χ0) is 36.3. The van der Waals surface area contributed by atoms with E-state index in [-0.39, 0.29) is 0 Å². The lowest BCUT2D eigenvalue weighted by atomic mass is 10.0. The topological polar surface area (TPSA) is 13.1 Å². The number of anilines is 3. The summed E-state index contributed by atoms with van der Waals surface area (Å²) in [5, 5.41) is 7.46. The van der Waals surface area contributed by atoms with Crippen molar-refractivity contribution in [2.24, 2.45) is 0 Å². The smallest absolute Gasteiger partial charge is 0.0619 e. The van der Waals surface area contributed by atoms with Gasteiger partial charge in [-0.15, -0.1) is 0 Å². The van der Waals surface area contributed by atoms with E-state index in [9.17, 15) is 0 Å². The molecule has 55 heavy (non-hydrogen) atoms. The molecule has 11 aromatic rings. The van der Waals surface area contributed by atoms with Gasteiger partial charge >= 0.3 is 0 Å². The van der Waals surface area contributed by atoms with Crippen LogP contribution in [0.2, 0.25) is 0 Å². The molecule has 0 atom stereocenters. The van der Waals surface area contributed by atoms with Gasteiger partial charge in [-0.1, -0.05) is 140 Å². The van der Waals surface area contributed by atoms with Gasteiger partial charge in [-0.3, -0.25) is 0 Å². The third kappa shape index (κ3) is 4.98. The first kappa shape index (κ1) is 31.2. The lowest BCUT2D eigenvalue weighted by molar-refractivity contribution is 1.18. The van der Waals surface area contributed by atoms with E-state index in [1.807, 2.05) is 0 Å². The molecule has 3 nitrogen and oxygen atoms in total. The number of nitrogens with zero attached hydrogens (tertiary/aromatic N) is 3. The molecule has 2 aromatic heterocycles. The predicted octanol–water partition coefficient (Wildman–Crippen LogP) is 14.2. The Kier molecular flexibility index (Phi) is 7.17. The molecule has 0 aliphatic carbocycles. The van der Waals surface area contributed by atoms with Gasteiger partial charge in [-0.05, 0) is 83.7 Å². The lowest BCUT2D eigenvalue weighted by Crippen LogP contribution is -2.11. The van der Waals surface area contributed by atoms with Crippen LogP contribution in [-0.2, 0) is 0 Å². The molecule has 0 spiro atoms. The molecule has 0 bridgehead atoms. The van der Waals surface area contributed by atoms with Gasteiger partial charge in [0.05, 0.1) is 27.8 Å². The maximum atomic E-state index is 2.43. The Bertz CT molecular complexity index is 3190. The third-order valence-corrected chi connectivity index (χ3v) is 11.1. The molecule has 0 radical (unpaired) electrons. The highest BCUT2D eigenvalue weighted by Crippen LogP contribution is 2.44. The molecule has 0 N–H and O–H groups in total. The fraction of sp³-hybridized carbons (Fsp3) is 0. The van der Waals surface area contributed by atoms with Crippen LogP contribution in [0.1, 0.15) is 0 Å². The van der Waals surface area contributed by atoms with Crippen molar-refractivity contribution in [3.8, 4) is 22.5 Å². The van der Waals surface area contributed by atoms with E-state index < -0.39 is 0 Å². The summed E-state index contributed by atoms with van der Waals surface area (Å²) in [6.45, 7) is 0. The van der Waals surface area contributed by atoms with Crippen molar-refractivity contribution in [2.45, 2.75) is 0 Å². The standard InChI is InChI=1S/C52H35N3/c1-3-15-36(16-4-1)42-20-9-12-24-48(42)53(41-32-34-51-47(35-41)45-23-11-13-25-49(45)54(51)38-18-5-2-6-19-38)39-28-30-40(31-29-39)55-50-26-14-10-22-44(50)46-33-27-37-17-7-8-21-43(37)52(46)55/h1-35H. The fourth-order valence-electron chi connectivity index (χ4n) is 8.66. The van der Waals surface area contributed by atoms with Crippen LogP contribution in [0.15, 0.2) is 212 Å². The highest BCUT2D eigenvalue weighted by molar-refractivity contribution is 6.18. The minimum absolute atomic E-state index is 1.09. The molecule has 0 aliphatic rings. The highest BCUT2D eigenvalue weighted by atomic mass is 15.1. The van der Waals surface area contributed by atoms with E-state index in [0.717, 1.165) is 28.4 Å². The maximum absolute atomic E-state index is 2.43. The second-order valence-corrected chi connectivity index (χ2v) is 14.2. The fourth-order valence-corrected chi connectivity index (χ4v) is 8.66. The van der Waals surface area contributed by atoms with Gasteiger partial charge in [-0.2, -0.15) is 0 Å². The molecule has 2 heterocycles. The minimum atomic E-state index is 1.09. The van der Waals surface area contributed by atoms with Gasteiger partial charge in [0.2, 0.25) is 0 Å². The Labute approximate surface area is 319 Å². The van der Waals surface area contributed by atoms with Gasteiger partial charge in [-0.25, -0.2) is 0 Å². The van der Waals surface area contributed by atoms with E-state index in [2.05, 4.69) is 226 Å². The first-order valence-corrected chi connectivity index (χ1v) is 18.9. The number of hydrogen-bond donors (Lipinski definition) is 0. The van der Waals surface area contributed by atoms with Crippen LogP contribution in [-0.4, -0.2) is 9.13 Å². The molecule has 0 unspecified atom stereocenters. The van der Waals surface area contributed by atoms with E-state index in [4.69, 9.17) is 0 Å². The van der Waals surface area contributed by atoms with Crippen molar-refractivity contribution in [3.05, 3.63) is 212 Å². The Morgan fingerprint density at radius 2 is 0.891 bits per heavy atom. The number of para-hydroxylation sites is 4. The normalized spacial score (nSPS) is 11.6. The number of benzene rings is 9. The first-order valence-electron chi connectivity index (χ1n) is 18.9. The lowest BCUT2D eigenvalue weighted by Gasteiger charge is -2.28. The van der Waals surface area contributed by atoms with Crippen molar-refractivity contribution >= 4 is 71.4 Å². The number of rotatable bonds is 6. The predicted molar refractivity (Wildman–Crippen MR) is 233 cm³/mol. The quantitative estimate of drug-likeness (QED) is 0.168. The number of hydrogen-bond acceptors (Lipinski definition) is 1. The second-order valence-electron chi connectivity index (χ2n) is 14.2. The Morgan fingerprint density at radius 3 is 1.67 bits per heavy atom. The van der Waals surface area contributed by atoms with Crippen LogP contribution in [0.25, 0.3) is 76.9 Å². The molecule has 0 amide bonds. The minimum Gasteiger partial charge on any atom is -0.310 e. The first-order chi connectivity index (χ1) is 27.3. The molecule has 0 aliphatic heterocycles. The summed E-state index contributed by atoms with van der Waals surface area (Å²) in [7, 11) is 0. The number of aromatic nitrogens is 2. The summed E-state index contributed by atoms with van der Waals surface area (Å²) in [4.78, 5) is 2.42. The summed E-state index contributed by atoms with van der Waals surface area (Å²) >= 11 is 0. The molecule has 0 fully saturated rings. The van der Waals surface area contributed by atoms with Crippen LogP contribution in [0.3, 0.4) is 0 Å². The SMILES string of the molecule is c1ccc(-c2ccccc2N(c2ccc(-n3c4ccccc4c4ccc5ccccc5c43)cc2)c2ccc3c(c2)c2ccccc2n3-c2ccccc2)cc1. The molecular weight excluding hydrogens is 667 g/mol. The summed E-state index contributed by atoms with van der Waals surface area (Å²) in [5.41, 5.74) is 12.8. The Hall–Kier alpha value is -7.36. The molecule has 9 aromatic carbocycles. The summed E-state index contributed by atoms with van der Waals surface area (Å²) < 4.78 is 4.81. The van der Waals surface area contributed by atoms with Crippen molar-refractivity contribution in [1.29, 1.82) is 0 Å². The van der Waals surface area contributed by atoms with Gasteiger partial charge in [0.25, 0.3) is 0 Å². The maximum Gasteiger partial charge on any atom is 0.0619 e. The molecular formula is C52H35N3. The zero-order valence-corrected chi connectivity index (χ0v) is 30.0. The summed E-state index contributed by atoms with van der Waals surface area (Å²) in [6.07, 6.45) is 0. The van der Waals surface area contributed by atoms with Crippen molar-refractivity contribution in [2.75, 3.05) is 4.90 Å². The van der Waals surface area contributed by atoms with Crippen molar-refractivity contribution in [1.82, 2.24) is 9.13 Å². The highest BCUT2D eigenvalue weighted by Gasteiger charge is 2.21. The van der Waals surface area contributed by atoms with Crippen LogP contribution in [0.5, 0.6) is 0 Å². The average Bonchev–Trinajstić information content (AvgIpc) is 3.78. The van der Waals surface area contributed by atoms with Gasteiger partial charge in [0.15, 0.2) is 0 Å². The monoisotopic (exact) mass is 701 g/mol. The molecule has 258 valence electrons. The van der Waals surface area contributed by atoms with Crippen LogP contribution in [0.4, 0.5) is 17.1 Å². The largest absolute Gasteiger partial charge is 0.310 e. The molecule has 3 heteroatoms. The molecule has 0 saturated heterocycles. The Morgan fingerprint density at radius 1 is 0.327 bits per heavy atom. The Balaban J connectivity index is 1.14. The van der Waals surface area contributed by atoms with Crippen molar-refractivity contribution in [3.63, 3.8) is 0 Å². The van der Waals surface area contributed by atoms with Gasteiger partial charge < -0.3 is 14.0 Å². The van der Waals surface area contributed by atoms with E-state index >= 15 is 0 Å². The van der Waals surface area contributed by atoms with Crippen molar-refractivity contribution < 1.29 is 0 Å². The van der Waals surface area contributed by atoms with Gasteiger partial charge in [0.1, 0.15) is 0 Å². The van der Waals surface area contributed by atoms with Crippen LogP contribution in [0, 0.1) is 0 Å². The number of fused-ring (bicyclic) bond motifs is 8. The van der Waals surface area contributed by atoms with E-state index in [0.29, 0.717) is 0 Å². The molecule has 0 saturated carbocycles. The van der Waals surface area contributed by atoms with E-state index in [1.165, 1.54) is 65.5 Å². The second kappa shape index (κ2) is 12.6.